The van der Waals surface area contributed by atoms with Gasteiger partial charge in [-0.1, -0.05) is 13.8 Å². The third-order valence-corrected chi connectivity index (χ3v) is 4.40. The Kier molecular flexibility index (Phi) is 1.57. The van der Waals surface area contributed by atoms with Crippen LogP contribution in [0.25, 0.3) is 0 Å². The van der Waals surface area contributed by atoms with Crippen LogP contribution in [0, 0.1) is 17.3 Å². The Hall–Kier alpha value is -0.570. The van der Waals surface area contributed by atoms with Gasteiger partial charge in [0, 0.05) is 0 Å². The van der Waals surface area contributed by atoms with E-state index in [-0.39, 0.29) is 11.3 Å². The first kappa shape index (κ1) is 9.00. The molecule has 0 aromatic heterocycles. The van der Waals surface area contributed by atoms with E-state index in [9.17, 15) is 4.79 Å². The van der Waals surface area contributed by atoms with Crippen LogP contribution in [0.3, 0.4) is 0 Å². The fourth-order valence-corrected chi connectivity index (χ4v) is 3.22. The van der Waals surface area contributed by atoms with Crippen molar-refractivity contribution in [3.8, 4) is 0 Å². The van der Waals surface area contributed by atoms with Crippen LogP contribution in [0.4, 0.5) is 0 Å². The number of rotatable bonds is 1. The molecular weight excluding hydrogens is 166 g/mol. The highest BCUT2D eigenvalue weighted by atomic mass is 16.4. The van der Waals surface area contributed by atoms with Gasteiger partial charge < -0.3 is 10.8 Å². The van der Waals surface area contributed by atoms with E-state index in [1.807, 2.05) is 0 Å². The van der Waals surface area contributed by atoms with E-state index in [4.69, 9.17) is 10.8 Å². The van der Waals surface area contributed by atoms with Gasteiger partial charge in [-0.25, -0.2) is 0 Å². The Bertz CT molecular complexity index is 260. The van der Waals surface area contributed by atoms with E-state index in [1.165, 1.54) is 0 Å². The molecule has 3 fully saturated rings. The number of hydrogen-bond acceptors (Lipinski definition) is 2. The van der Waals surface area contributed by atoms with Crippen LogP contribution in [0.2, 0.25) is 0 Å². The lowest BCUT2D eigenvalue weighted by molar-refractivity contribution is -0.169. The molecule has 0 spiro atoms. The molecule has 3 atom stereocenters. The number of carbonyl (C=O) groups is 1. The zero-order chi connectivity index (χ0) is 9.85. The summed E-state index contributed by atoms with van der Waals surface area (Å²) in [6.07, 6.45) is 2.64. The molecule has 0 aliphatic heterocycles. The predicted octanol–water partition coefficient (Wildman–Crippen LogP) is 1.22. The third-order valence-electron chi connectivity index (χ3n) is 4.40. The van der Waals surface area contributed by atoms with Crippen LogP contribution >= 0.6 is 0 Å². The first-order chi connectivity index (χ1) is 5.89. The highest BCUT2D eigenvalue weighted by Crippen LogP contribution is 2.61. The number of aliphatic carboxylic acids is 1. The lowest BCUT2D eigenvalue weighted by atomic mass is 9.43. The van der Waals surface area contributed by atoms with Gasteiger partial charge in [0.25, 0.3) is 0 Å². The standard InChI is InChI=1S/C10H17NO2/c1-9(2)6-3-4-10(11,8(12)13)7(9)5-6/h6-7H,3-5,11H2,1-2H3,(H,12,13)/t6-,7+,10?/m0/s1. The largest absolute Gasteiger partial charge is 0.480 e. The molecule has 0 amide bonds. The summed E-state index contributed by atoms with van der Waals surface area (Å²) in [6, 6.07) is 0. The molecule has 3 nitrogen and oxygen atoms in total. The molecule has 0 saturated heterocycles. The maximum absolute atomic E-state index is 11.1. The van der Waals surface area contributed by atoms with Crippen molar-refractivity contribution < 1.29 is 9.90 Å². The fourth-order valence-electron chi connectivity index (χ4n) is 3.22. The van der Waals surface area contributed by atoms with Crippen LogP contribution < -0.4 is 5.73 Å². The van der Waals surface area contributed by atoms with Gasteiger partial charge in [0.05, 0.1) is 0 Å². The molecule has 3 aliphatic carbocycles. The molecule has 3 heteroatoms. The number of carboxylic acid groups (broad SMARTS) is 1. The first-order valence-corrected chi connectivity index (χ1v) is 4.91. The summed E-state index contributed by atoms with van der Waals surface area (Å²) in [5, 5.41) is 9.10. The number of hydrogen-bond donors (Lipinski definition) is 2. The highest BCUT2D eigenvalue weighted by Gasteiger charge is 2.62. The number of carboxylic acids is 1. The molecule has 3 aliphatic rings. The van der Waals surface area contributed by atoms with Crippen molar-refractivity contribution in [1.82, 2.24) is 0 Å². The van der Waals surface area contributed by atoms with Crippen LogP contribution in [-0.4, -0.2) is 16.6 Å². The molecule has 0 heterocycles. The summed E-state index contributed by atoms with van der Waals surface area (Å²) in [6.45, 7) is 4.30. The molecule has 0 aromatic rings. The second-order valence-electron chi connectivity index (χ2n) is 5.19. The topological polar surface area (TPSA) is 63.3 Å². The molecule has 74 valence electrons. The van der Waals surface area contributed by atoms with Crippen LogP contribution in [-0.2, 0) is 4.79 Å². The maximum Gasteiger partial charge on any atom is 0.323 e. The summed E-state index contributed by atoms with van der Waals surface area (Å²) in [7, 11) is 0. The molecule has 2 bridgehead atoms. The van der Waals surface area contributed by atoms with E-state index < -0.39 is 11.5 Å². The lowest BCUT2D eigenvalue weighted by Crippen LogP contribution is -2.68. The third kappa shape index (κ3) is 0.909. The van der Waals surface area contributed by atoms with E-state index in [2.05, 4.69) is 13.8 Å². The minimum atomic E-state index is -0.946. The SMILES string of the molecule is CC1(C)[C@H]2CCC(N)(C(=O)O)[C@@H]1C2. The summed E-state index contributed by atoms with van der Waals surface area (Å²) in [5.41, 5.74) is 5.16. The summed E-state index contributed by atoms with van der Waals surface area (Å²) in [5.74, 6) is 0.0634. The zero-order valence-corrected chi connectivity index (χ0v) is 8.21. The summed E-state index contributed by atoms with van der Waals surface area (Å²) in [4.78, 5) is 11.1. The van der Waals surface area contributed by atoms with Crippen LogP contribution in [0.5, 0.6) is 0 Å². The van der Waals surface area contributed by atoms with Crippen molar-refractivity contribution in [3.05, 3.63) is 0 Å². The van der Waals surface area contributed by atoms with Gasteiger partial charge in [0.2, 0.25) is 0 Å². The zero-order valence-electron chi connectivity index (χ0n) is 8.21. The normalized spacial score (nSPS) is 46.7. The average molecular weight is 183 g/mol. The van der Waals surface area contributed by atoms with Crippen LogP contribution in [0.1, 0.15) is 33.1 Å². The van der Waals surface area contributed by atoms with E-state index in [1.54, 1.807) is 0 Å². The van der Waals surface area contributed by atoms with Gasteiger partial charge in [-0.2, -0.15) is 0 Å². The predicted molar refractivity (Wildman–Crippen MR) is 49.2 cm³/mol. The van der Waals surface area contributed by atoms with Gasteiger partial charge >= 0.3 is 5.97 Å². The van der Waals surface area contributed by atoms with Crippen molar-refractivity contribution in [1.29, 1.82) is 0 Å². The van der Waals surface area contributed by atoms with E-state index >= 15 is 0 Å². The molecule has 3 rings (SSSR count). The Morgan fingerprint density at radius 3 is 2.46 bits per heavy atom. The van der Waals surface area contributed by atoms with Crippen molar-refractivity contribution in [3.63, 3.8) is 0 Å². The second kappa shape index (κ2) is 2.27. The number of nitrogens with two attached hydrogens (primary N) is 1. The Balaban J connectivity index is 2.29. The van der Waals surface area contributed by atoms with Gasteiger partial charge in [0.1, 0.15) is 5.54 Å². The molecule has 0 aromatic carbocycles. The molecule has 1 unspecified atom stereocenters. The Morgan fingerprint density at radius 2 is 2.15 bits per heavy atom. The summed E-state index contributed by atoms with van der Waals surface area (Å²) < 4.78 is 0. The van der Waals surface area contributed by atoms with E-state index in [0.29, 0.717) is 12.3 Å². The number of fused-ring (bicyclic) bond motifs is 2. The average Bonchev–Trinajstić information content (AvgIpc) is 2.03. The smallest absolute Gasteiger partial charge is 0.323 e. The van der Waals surface area contributed by atoms with Gasteiger partial charge in [-0.05, 0) is 36.5 Å². The molecule has 0 radical (unpaired) electrons. The molecule has 13 heavy (non-hydrogen) atoms. The second-order valence-corrected chi connectivity index (χ2v) is 5.19. The molecular formula is C10H17NO2. The van der Waals surface area contributed by atoms with Crippen molar-refractivity contribution in [2.24, 2.45) is 23.0 Å². The quantitative estimate of drug-likeness (QED) is 0.642. The minimum absolute atomic E-state index is 0.144. The maximum atomic E-state index is 11.1. The highest BCUT2D eigenvalue weighted by molar-refractivity contribution is 5.79. The van der Waals surface area contributed by atoms with Crippen LogP contribution in [0.15, 0.2) is 0 Å². The van der Waals surface area contributed by atoms with Gasteiger partial charge in [-0.3, -0.25) is 4.79 Å². The monoisotopic (exact) mass is 183 g/mol. The fraction of sp³-hybridized carbons (Fsp3) is 0.900. The summed E-state index contributed by atoms with van der Waals surface area (Å²) >= 11 is 0. The Morgan fingerprint density at radius 1 is 1.54 bits per heavy atom. The molecule has 3 saturated carbocycles. The first-order valence-electron chi connectivity index (χ1n) is 4.91. The minimum Gasteiger partial charge on any atom is -0.480 e. The molecule has 3 N–H and O–H groups in total. The van der Waals surface area contributed by atoms with E-state index in [0.717, 1.165) is 12.8 Å². The van der Waals surface area contributed by atoms with Crippen molar-refractivity contribution in [2.45, 2.75) is 38.6 Å². The van der Waals surface area contributed by atoms with Crippen molar-refractivity contribution >= 4 is 5.97 Å². The van der Waals surface area contributed by atoms with Crippen molar-refractivity contribution in [2.75, 3.05) is 0 Å². The van der Waals surface area contributed by atoms with Gasteiger partial charge in [-0.15, -0.1) is 0 Å². The Labute approximate surface area is 78.3 Å². The lowest BCUT2D eigenvalue weighted by Gasteiger charge is -2.62. The van der Waals surface area contributed by atoms with Gasteiger partial charge in [0.15, 0.2) is 0 Å².